The van der Waals surface area contributed by atoms with E-state index in [2.05, 4.69) is 21.3 Å². The molecule has 3 aromatic rings. The zero-order valence-electron chi connectivity index (χ0n) is 14.3. The lowest BCUT2D eigenvalue weighted by Gasteiger charge is -2.13. The van der Waals surface area contributed by atoms with Crippen molar-refractivity contribution in [3.63, 3.8) is 0 Å². The van der Waals surface area contributed by atoms with Crippen molar-refractivity contribution >= 4 is 0 Å². The van der Waals surface area contributed by atoms with E-state index in [0.29, 0.717) is 17.6 Å². The van der Waals surface area contributed by atoms with Crippen LogP contribution in [0.1, 0.15) is 24.7 Å². The van der Waals surface area contributed by atoms with Crippen molar-refractivity contribution < 1.29 is 9.26 Å². The third kappa shape index (κ3) is 2.97. The van der Waals surface area contributed by atoms with Crippen LogP contribution in [0.4, 0.5) is 0 Å². The third-order valence-corrected chi connectivity index (χ3v) is 4.51. The Morgan fingerprint density at radius 1 is 1.23 bits per heavy atom. The van der Waals surface area contributed by atoms with Crippen LogP contribution in [0.25, 0.3) is 22.6 Å². The van der Waals surface area contributed by atoms with Gasteiger partial charge in [-0.3, -0.25) is 4.90 Å². The quantitative estimate of drug-likeness (QED) is 0.668. The number of ether oxygens (including phenoxy) is 1. The van der Waals surface area contributed by atoms with Gasteiger partial charge in [0, 0.05) is 29.9 Å². The minimum atomic E-state index is -0.0912. The number of nitriles is 1. The highest BCUT2D eigenvalue weighted by atomic mass is 16.5. The number of methoxy groups -OCH3 is 1. The number of hydrogen-bond acceptors (Lipinski definition) is 7. The molecule has 1 atom stereocenters. The molecular formula is C19H17N5O2. The third-order valence-electron chi connectivity index (χ3n) is 4.51. The fourth-order valence-electron chi connectivity index (χ4n) is 3.15. The molecule has 1 fully saturated rings. The highest BCUT2D eigenvalue weighted by Crippen LogP contribution is 2.31. The molecule has 0 radical (unpaired) electrons. The van der Waals surface area contributed by atoms with E-state index in [4.69, 9.17) is 9.26 Å². The maximum Gasteiger partial charge on any atom is 0.258 e. The summed E-state index contributed by atoms with van der Waals surface area (Å²) in [5, 5.41) is 13.3. The fourth-order valence-corrected chi connectivity index (χ4v) is 3.15. The lowest BCUT2D eigenvalue weighted by molar-refractivity contribution is 0.339. The average Bonchev–Trinajstić information content (AvgIpc) is 3.37. The van der Waals surface area contributed by atoms with Gasteiger partial charge in [0.1, 0.15) is 6.04 Å². The maximum absolute atomic E-state index is 9.20. The SMILES string of the molecule is COc1ccc(-c2cccc(-c3nc(C4CCCN4C#N)no3)c2)cn1. The van der Waals surface area contributed by atoms with E-state index in [-0.39, 0.29) is 6.04 Å². The average molecular weight is 347 g/mol. The Balaban J connectivity index is 1.62. The van der Waals surface area contributed by atoms with Crippen LogP contribution >= 0.6 is 0 Å². The van der Waals surface area contributed by atoms with Gasteiger partial charge in [0.05, 0.1) is 7.11 Å². The van der Waals surface area contributed by atoms with Gasteiger partial charge in [-0.25, -0.2) is 4.98 Å². The topological polar surface area (TPSA) is 88.1 Å². The molecular weight excluding hydrogens is 330 g/mol. The first kappa shape index (κ1) is 16.1. The van der Waals surface area contributed by atoms with Crippen molar-refractivity contribution in [2.45, 2.75) is 18.9 Å². The van der Waals surface area contributed by atoms with Crippen LogP contribution in [0.2, 0.25) is 0 Å². The summed E-state index contributed by atoms with van der Waals surface area (Å²) in [6.45, 7) is 0.741. The van der Waals surface area contributed by atoms with Crippen LogP contribution in [0.5, 0.6) is 5.88 Å². The van der Waals surface area contributed by atoms with E-state index in [9.17, 15) is 5.26 Å². The van der Waals surface area contributed by atoms with Crippen LogP contribution in [-0.2, 0) is 0 Å². The Bertz CT molecular complexity index is 945. The molecule has 7 nitrogen and oxygen atoms in total. The number of hydrogen-bond donors (Lipinski definition) is 0. The second-order valence-electron chi connectivity index (χ2n) is 6.08. The van der Waals surface area contributed by atoms with E-state index in [1.807, 2.05) is 36.4 Å². The summed E-state index contributed by atoms with van der Waals surface area (Å²) >= 11 is 0. The first-order valence-corrected chi connectivity index (χ1v) is 8.39. The summed E-state index contributed by atoms with van der Waals surface area (Å²) in [6, 6.07) is 11.5. The Hall–Kier alpha value is -3.40. The molecule has 1 saturated heterocycles. The van der Waals surface area contributed by atoms with Crippen molar-refractivity contribution in [1.82, 2.24) is 20.0 Å². The number of likely N-dealkylation sites (tertiary alicyclic amines) is 1. The summed E-state index contributed by atoms with van der Waals surface area (Å²) in [7, 11) is 1.59. The van der Waals surface area contributed by atoms with E-state index in [0.717, 1.165) is 36.1 Å². The van der Waals surface area contributed by atoms with Gasteiger partial charge < -0.3 is 9.26 Å². The number of aromatic nitrogens is 3. The molecule has 0 aliphatic carbocycles. The Labute approximate surface area is 150 Å². The van der Waals surface area contributed by atoms with Crippen molar-refractivity contribution in [3.05, 3.63) is 48.4 Å². The molecule has 0 N–H and O–H groups in total. The Morgan fingerprint density at radius 3 is 2.88 bits per heavy atom. The highest BCUT2D eigenvalue weighted by Gasteiger charge is 2.29. The molecule has 1 unspecified atom stereocenters. The van der Waals surface area contributed by atoms with E-state index < -0.39 is 0 Å². The maximum atomic E-state index is 9.20. The first-order chi connectivity index (χ1) is 12.8. The van der Waals surface area contributed by atoms with Gasteiger partial charge in [0.25, 0.3) is 5.89 Å². The predicted molar refractivity (Wildman–Crippen MR) is 93.8 cm³/mol. The molecule has 26 heavy (non-hydrogen) atoms. The smallest absolute Gasteiger partial charge is 0.258 e. The number of nitrogens with zero attached hydrogens (tertiary/aromatic N) is 5. The van der Waals surface area contributed by atoms with Gasteiger partial charge in [0.2, 0.25) is 5.88 Å². The number of rotatable bonds is 4. The number of pyridine rings is 1. The van der Waals surface area contributed by atoms with Gasteiger partial charge in [-0.1, -0.05) is 17.3 Å². The van der Waals surface area contributed by atoms with Crippen molar-refractivity contribution in [3.8, 4) is 34.7 Å². The largest absolute Gasteiger partial charge is 0.481 e. The van der Waals surface area contributed by atoms with E-state index in [1.165, 1.54) is 0 Å². The minimum absolute atomic E-state index is 0.0912. The normalized spacial score (nSPS) is 16.5. The summed E-state index contributed by atoms with van der Waals surface area (Å²) in [4.78, 5) is 10.5. The molecule has 0 bridgehead atoms. The summed E-state index contributed by atoms with van der Waals surface area (Å²) in [5.41, 5.74) is 2.80. The molecule has 1 aliphatic rings. The highest BCUT2D eigenvalue weighted by molar-refractivity contribution is 5.69. The molecule has 4 rings (SSSR count). The van der Waals surface area contributed by atoms with E-state index >= 15 is 0 Å². The van der Waals surface area contributed by atoms with Crippen molar-refractivity contribution in [2.24, 2.45) is 0 Å². The lowest BCUT2D eigenvalue weighted by atomic mass is 10.0. The summed E-state index contributed by atoms with van der Waals surface area (Å²) in [5.74, 6) is 1.59. The van der Waals surface area contributed by atoms with Crippen LogP contribution in [0, 0.1) is 11.5 Å². The molecule has 0 spiro atoms. The summed E-state index contributed by atoms with van der Waals surface area (Å²) < 4.78 is 10.5. The Morgan fingerprint density at radius 2 is 2.12 bits per heavy atom. The molecule has 7 heteroatoms. The molecule has 3 heterocycles. The second-order valence-corrected chi connectivity index (χ2v) is 6.08. The molecule has 2 aromatic heterocycles. The fraction of sp³-hybridized carbons (Fsp3) is 0.263. The Kier molecular flexibility index (Phi) is 4.23. The standard InChI is InChI=1S/C19H17N5O2/c1-25-17-8-7-15(11-21-17)13-4-2-5-14(10-13)19-22-18(23-26-19)16-6-3-9-24(16)12-20/h2,4-5,7-8,10-11,16H,3,6,9H2,1H3. The van der Waals surface area contributed by atoms with Crippen molar-refractivity contribution in [2.75, 3.05) is 13.7 Å². The van der Waals surface area contributed by atoms with Crippen molar-refractivity contribution in [1.29, 1.82) is 5.26 Å². The van der Waals surface area contributed by atoms with Crippen LogP contribution in [0.15, 0.2) is 47.1 Å². The van der Waals surface area contributed by atoms with Gasteiger partial charge >= 0.3 is 0 Å². The zero-order chi connectivity index (χ0) is 17.9. The van der Waals surface area contributed by atoms with Gasteiger partial charge in [-0.05, 0) is 36.6 Å². The van der Waals surface area contributed by atoms with Gasteiger partial charge in [0.15, 0.2) is 12.0 Å². The molecule has 1 aliphatic heterocycles. The molecule has 130 valence electrons. The van der Waals surface area contributed by atoms with Crippen LogP contribution in [0.3, 0.4) is 0 Å². The molecule has 1 aromatic carbocycles. The molecule has 0 saturated carbocycles. The van der Waals surface area contributed by atoms with Gasteiger partial charge in [-0.15, -0.1) is 0 Å². The number of benzene rings is 1. The molecule has 0 amide bonds. The minimum Gasteiger partial charge on any atom is -0.481 e. The summed E-state index contributed by atoms with van der Waals surface area (Å²) in [6.07, 6.45) is 5.79. The first-order valence-electron chi connectivity index (χ1n) is 8.39. The van der Waals surface area contributed by atoms with Crippen LogP contribution in [-0.4, -0.2) is 33.7 Å². The van der Waals surface area contributed by atoms with E-state index in [1.54, 1.807) is 18.2 Å². The zero-order valence-corrected chi connectivity index (χ0v) is 14.3. The predicted octanol–water partition coefficient (Wildman–Crippen LogP) is 3.43. The van der Waals surface area contributed by atoms with Gasteiger partial charge in [-0.2, -0.15) is 10.2 Å². The van der Waals surface area contributed by atoms with Crippen LogP contribution < -0.4 is 4.74 Å². The second kappa shape index (κ2) is 6.84. The monoisotopic (exact) mass is 347 g/mol. The lowest BCUT2D eigenvalue weighted by Crippen LogP contribution is -2.17.